The Labute approximate surface area is 160 Å². The Morgan fingerprint density at radius 1 is 1.04 bits per heavy atom. The molecule has 0 aromatic heterocycles. The number of carbonyl (C=O) groups is 1. The van der Waals surface area contributed by atoms with Gasteiger partial charge in [-0.3, -0.25) is 4.79 Å². The number of aliphatic carboxylic acids is 1. The van der Waals surface area contributed by atoms with E-state index in [0.717, 1.165) is 11.1 Å². The zero-order valence-corrected chi connectivity index (χ0v) is 16.3. The van der Waals surface area contributed by atoms with Crippen LogP contribution in [0.15, 0.2) is 59.5 Å². The fraction of sp³-hybridized carbons (Fsp3) is 0.381. The van der Waals surface area contributed by atoms with Crippen molar-refractivity contribution in [1.82, 2.24) is 4.31 Å². The standard InChI is InChI=1S/C21H25NO4S/c1-17-7-9-19(10-8-17)27(25,26)22-13-11-21(12-14-22,16-20(23)24)15-18-5-3-2-4-6-18/h2-10H,11-16H2,1H3,(H,23,24). The molecule has 1 aliphatic rings. The van der Waals surface area contributed by atoms with E-state index < -0.39 is 21.4 Å². The van der Waals surface area contributed by atoms with E-state index in [9.17, 15) is 18.3 Å². The minimum Gasteiger partial charge on any atom is -0.481 e. The topological polar surface area (TPSA) is 74.7 Å². The lowest BCUT2D eigenvalue weighted by Gasteiger charge is -2.40. The van der Waals surface area contributed by atoms with E-state index in [1.807, 2.05) is 37.3 Å². The van der Waals surface area contributed by atoms with Crippen molar-refractivity contribution in [2.75, 3.05) is 13.1 Å². The molecule has 27 heavy (non-hydrogen) atoms. The molecule has 2 aromatic rings. The first-order valence-electron chi connectivity index (χ1n) is 9.13. The highest BCUT2D eigenvalue weighted by Crippen LogP contribution is 2.39. The molecular weight excluding hydrogens is 362 g/mol. The summed E-state index contributed by atoms with van der Waals surface area (Å²) in [6.45, 7) is 2.60. The number of rotatable bonds is 6. The molecule has 1 aliphatic heterocycles. The fourth-order valence-corrected chi connectivity index (χ4v) is 5.27. The number of carboxylic acids is 1. The molecule has 0 spiro atoms. The summed E-state index contributed by atoms with van der Waals surface area (Å²) < 4.78 is 27.3. The first kappa shape index (κ1) is 19.6. The molecule has 144 valence electrons. The monoisotopic (exact) mass is 387 g/mol. The van der Waals surface area contributed by atoms with Crippen LogP contribution in [0.4, 0.5) is 0 Å². The van der Waals surface area contributed by atoms with Crippen LogP contribution in [0.5, 0.6) is 0 Å². The Kier molecular flexibility index (Phi) is 5.67. The van der Waals surface area contributed by atoms with Crippen molar-refractivity contribution in [1.29, 1.82) is 0 Å². The van der Waals surface area contributed by atoms with E-state index in [4.69, 9.17) is 0 Å². The summed E-state index contributed by atoms with van der Waals surface area (Å²) in [5, 5.41) is 9.41. The van der Waals surface area contributed by atoms with Gasteiger partial charge in [-0.25, -0.2) is 8.42 Å². The molecule has 1 saturated heterocycles. The molecular formula is C21H25NO4S. The van der Waals surface area contributed by atoms with Gasteiger partial charge < -0.3 is 5.11 Å². The molecule has 0 atom stereocenters. The summed E-state index contributed by atoms with van der Waals surface area (Å²) >= 11 is 0. The zero-order valence-electron chi connectivity index (χ0n) is 15.5. The van der Waals surface area contributed by atoms with Gasteiger partial charge in [-0.1, -0.05) is 48.0 Å². The lowest BCUT2D eigenvalue weighted by atomic mass is 9.72. The van der Waals surface area contributed by atoms with Crippen LogP contribution >= 0.6 is 0 Å². The first-order chi connectivity index (χ1) is 12.8. The summed E-state index contributed by atoms with van der Waals surface area (Å²) in [7, 11) is -3.54. The van der Waals surface area contributed by atoms with Crippen molar-refractivity contribution in [2.45, 2.75) is 37.5 Å². The smallest absolute Gasteiger partial charge is 0.303 e. The maximum absolute atomic E-state index is 12.9. The second kappa shape index (κ2) is 7.82. The van der Waals surface area contributed by atoms with E-state index in [2.05, 4.69) is 0 Å². The van der Waals surface area contributed by atoms with Gasteiger partial charge in [0.25, 0.3) is 0 Å². The van der Waals surface area contributed by atoms with Crippen LogP contribution in [0, 0.1) is 12.3 Å². The van der Waals surface area contributed by atoms with Crippen LogP contribution < -0.4 is 0 Å². The second-order valence-corrected chi connectivity index (χ2v) is 9.39. The molecule has 1 fully saturated rings. The molecule has 0 saturated carbocycles. The number of hydrogen-bond donors (Lipinski definition) is 1. The first-order valence-corrected chi connectivity index (χ1v) is 10.6. The number of hydrogen-bond acceptors (Lipinski definition) is 3. The number of aryl methyl sites for hydroxylation is 1. The molecule has 0 amide bonds. The minimum absolute atomic E-state index is 0.0559. The highest BCUT2D eigenvalue weighted by Gasteiger charge is 2.40. The molecule has 5 nitrogen and oxygen atoms in total. The molecule has 0 aliphatic carbocycles. The summed E-state index contributed by atoms with van der Waals surface area (Å²) in [5.41, 5.74) is 1.69. The van der Waals surface area contributed by atoms with E-state index in [1.54, 1.807) is 24.3 Å². The van der Waals surface area contributed by atoms with Crippen molar-refractivity contribution in [3.05, 3.63) is 65.7 Å². The third-order valence-corrected chi connectivity index (χ3v) is 7.30. The third kappa shape index (κ3) is 4.57. The van der Waals surface area contributed by atoms with Crippen LogP contribution in [-0.4, -0.2) is 36.9 Å². The van der Waals surface area contributed by atoms with Gasteiger partial charge in [0, 0.05) is 13.1 Å². The quantitative estimate of drug-likeness (QED) is 0.823. The van der Waals surface area contributed by atoms with Crippen molar-refractivity contribution < 1.29 is 18.3 Å². The highest BCUT2D eigenvalue weighted by molar-refractivity contribution is 7.89. The SMILES string of the molecule is Cc1ccc(S(=O)(=O)N2CCC(CC(=O)O)(Cc3ccccc3)CC2)cc1. The number of nitrogens with zero attached hydrogens (tertiary/aromatic N) is 1. The summed E-state index contributed by atoms with van der Waals surface area (Å²) in [4.78, 5) is 11.8. The molecule has 0 bridgehead atoms. The average Bonchev–Trinajstić information content (AvgIpc) is 2.62. The molecule has 2 aromatic carbocycles. The predicted octanol–water partition coefficient (Wildman–Crippen LogP) is 3.48. The number of sulfonamides is 1. The van der Waals surface area contributed by atoms with Gasteiger partial charge >= 0.3 is 5.97 Å². The third-order valence-electron chi connectivity index (χ3n) is 5.39. The Morgan fingerprint density at radius 2 is 1.63 bits per heavy atom. The summed E-state index contributed by atoms with van der Waals surface area (Å²) in [5.74, 6) is -0.833. The van der Waals surface area contributed by atoms with Crippen LogP contribution in [-0.2, 0) is 21.2 Å². The largest absolute Gasteiger partial charge is 0.481 e. The van der Waals surface area contributed by atoms with Gasteiger partial charge in [0.2, 0.25) is 10.0 Å². The maximum Gasteiger partial charge on any atom is 0.303 e. The Morgan fingerprint density at radius 3 is 2.19 bits per heavy atom. The molecule has 1 heterocycles. The van der Waals surface area contributed by atoms with Crippen molar-refractivity contribution >= 4 is 16.0 Å². The number of benzene rings is 2. The highest BCUT2D eigenvalue weighted by atomic mass is 32.2. The summed E-state index contributed by atoms with van der Waals surface area (Å²) in [6, 6.07) is 16.7. The Balaban J connectivity index is 1.77. The van der Waals surface area contributed by atoms with E-state index in [-0.39, 0.29) is 6.42 Å². The minimum atomic E-state index is -3.54. The van der Waals surface area contributed by atoms with Gasteiger partial charge in [-0.2, -0.15) is 4.31 Å². The van der Waals surface area contributed by atoms with Crippen molar-refractivity contribution in [3.63, 3.8) is 0 Å². The normalized spacial score (nSPS) is 17.5. The van der Waals surface area contributed by atoms with Crippen LogP contribution in [0.1, 0.15) is 30.4 Å². The molecule has 0 unspecified atom stereocenters. The van der Waals surface area contributed by atoms with Gasteiger partial charge in [-0.15, -0.1) is 0 Å². The zero-order chi connectivity index (χ0) is 19.5. The van der Waals surface area contributed by atoms with E-state index in [1.165, 1.54) is 4.31 Å². The average molecular weight is 388 g/mol. The molecule has 1 N–H and O–H groups in total. The van der Waals surface area contributed by atoms with Crippen molar-refractivity contribution in [2.24, 2.45) is 5.41 Å². The number of piperidine rings is 1. The molecule has 6 heteroatoms. The lowest BCUT2D eigenvalue weighted by molar-refractivity contribution is -0.140. The second-order valence-electron chi connectivity index (χ2n) is 7.45. The van der Waals surface area contributed by atoms with Gasteiger partial charge in [0.1, 0.15) is 0 Å². The van der Waals surface area contributed by atoms with Crippen LogP contribution in [0.25, 0.3) is 0 Å². The van der Waals surface area contributed by atoms with Crippen LogP contribution in [0.2, 0.25) is 0 Å². The Bertz CT molecular complexity index is 884. The van der Waals surface area contributed by atoms with Gasteiger partial charge in [0.15, 0.2) is 0 Å². The van der Waals surface area contributed by atoms with Crippen molar-refractivity contribution in [3.8, 4) is 0 Å². The van der Waals surface area contributed by atoms with Crippen LogP contribution in [0.3, 0.4) is 0 Å². The fourth-order valence-electron chi connectivity index (χ4n) is 3.83. The molecule has 0 radical (unpaired) electrons. The predicted molar refractivity (Wildman–Crippen MR) is 104 cm³/mol. The maximum atomic E-state index is 12.9. The number of carboxylic acid groups (broad SMARTS) is 1. The van der Waals surface area contributed by atoms with E-state index in [0.29, 0.717) is 37.2 Å². The Hall–Kier alpha value is -2.18. The van der Waals surface area contributed by atoms with Gasteiger partial charge in [-0.05, 0) is 49.3 Å². The lowest BCUT2D eigenvalue weighted by Crippen LogP contribution is -2.44. The summed E-state index contributed by atoms with van der Waals surface area (Å²) in [6.07, 6.45) is 1.79. The van der Waals surface area contributed by atoms with E-state index >= 15 is 0 Å². The molecule has 3 rings (SSSR count). The van der Waals surface area contributed by atoms with Gasteiger partial charge in [0.05, 0.1) is 11.3 Å².